The van der Waals surface area contributed by atoms with Gasteiger partial charge in [0.25, 0.3) is 0 Å². The van der Waals surface area contributed by atoms with E-state index in [-0.39, 0.29) is 0 Å². The fourth-order valence-electron chi connectivity index (χ4n) is 2.89. The van der Waals surface area contributed by atoms with Gasteiger partial charge in [-0.15, -0.1) is 0 Å². The van der Waals surface area contributed by atoms with Crippen LogP contribution in [0.5, 0.6) is 5.75 Å². The molecule has 3 rings (SSSR count). The van der Waals surface area contributed by atoms with E-state index >= 15 is 0 Å². The third kappa shape index (κ3) is 2.82. The highest BCUT2D eigenvalue weighted by Crippen LogP contribution is 2.32. The van der Waals surface area contributed by atoms with Crippen molar-refractivity contribution in [1.29, 1.82) is 0 Å². The molecule has 1 aliphatic rings. The number of aromatic nitrogens is 1. The monoisotopic (exact) mass is 323 g/mol. The Balaban J connectivity index is 1.90. The summed E-state index contributed by atoms with van der Waals surface area (Å²) in [6.45, 7) is 1.53. The van der Waals surface area contributed by atoms with Crippen molar-refractivity contribution in [3.05, 3.63) is 30.0 Å². The molecule has 23 heavy (non-hydrogen) atoms. The van der Waals surface area contributed by atoms with Crippen LogP contribution >= 0.6 is 0 Å². The zero-order valence-electron chi connectivity index (χ0n) is 12.7. The molecule has 1 aromatic heterocycles. The van der Waals surface area contributed by atoms with Crippen LogP contribution in [0.1, 0.15) is 12.5 Å². The van der Waals surface area contributed by atoms with Gasteiger partial charge in [0, 0.05) is 17.1 Å². The van der Waals surface area contributed by atoms with E-state index in [1.54, 1.807) is 12.1 Å². The molecule has 0 radical (unpaired) electrons. The first kappa shape index (κ1) is 16.2. The maximum atomic E-state index is 10.1. The lowest BCUT2D eigenvalue weighted by atomic mass is 9.99. The van der Waals surface area contributed by atoms with Crippen LogP contribution in [-0.2, 0) is 11.2 Å². The van der Waals surface area contributed by atoms with Crippen molar-refractivity contribution in [3.63, 3.8) is 0 Å². The lowest BCUT2D eigenvalue weighted by Gasteiger charge is -2.39. The molecule has 0 saturated carbocycles. The van der Waals surface area contributed by atoms with Crippen molar-refractivity contribution in [2.45, 2.75) is 44.1 Å². The van der Waals surface area contributed by atoms with Crippen LogP contribution in [0.25, 0.3) is 10.9 Å². The van der Waals surface area contributed by atoms with Crippen LogP contribution in [-0.4, -0.2) is 62.7 Å². The van der Waals surface area contributed by atoms with Crippen molar-refractivity contribution in [2.24, 2.45) is 0 Å². The molecule has 0 spiro atoms. The number of aliphatic hydroxyl groups is 4. The number of benzene rings is 1. The van der Waals surface area contributed by atoms with Gasteiger partial charge in [-0.1, -0.05) is 13.0 Å². The molecule has 0 amide bonds. The largest absolute Gasteiger partial charge is 0.461 e. The average Bonchev–Trinajstić information content (AvgIpc) is 2.99. The fraction of sp³-hybridized carbons (Fsp3) is 0.500. The first-order valence-electron chi connectivity index (χ1n) is 7.63. The Kier molecular flexibility index (Phi) is 4.56. The summed E-state index contributed by atoms with van der Waals surface area (Å²) in [7, 11) is 0. The van der Waals surface area contributed by atoms with Crippen LogP contribution in [0.15, 0.2) is 24.4 Å². The molecular formula is C16H21NO6. The smallest absolute Gasteiger partial charge is 0.229 e. The number of H-pyrrole nitrogens is 1. The lowest BCUT2D eigenvalue weighted by Crippen LogP contribution is -2.60. The number of ether oxygens (including phenoxy) is 2. The number of aromatic amines is 1. The van der Waals surface area contributed by atoms with Gasteiger partial charge in [0.15, 0.2) is 0 Å². The number of hydrogen-bond donors (Lipinski definition) is 5. The number of rotatable bonds is 4. The van der Waals surface area contributed by atoms with E-state index in [4.69, 9.17) is 9.47 Å². The predicted molar refractivity (Wildman–Crippen MR) is 82.1 cm³/mol. The second kappa shape index (κ2) is 6.46. The number of nitrogens with one attached hydrogen (secondary N) is 1. The zero-order chi connectivity index (χ0) is 16.6. The molecule has 7 heteroatoms. The van der Waals surface area contributed by atoms with Gasteiger partial charge in [0.05, 0.1) is 6.61 Å². The Morgan fingerprint density at radius 1 is 1.17 bits per heavy atom. The zero-order valence-corrected chi connectivity index (χ0v) is 12.7. The predicted octanol–water partition coefficient (Wildman–Crippen LogP) is -0.0910. The molecular weight excluding hydrogens is 302 g/mol. The highest BCUT2D eigenvalue weighted by Gasteiger charge is 2.44. The van der Waals surface area contributed by atoms with Crippen molar-refractivity contribution in [3.8, 4) is 5.75 Å². The van der Waals surface area contributed by atoms with E-state index in [0.29, 0.717) is 5.75 Å². The SMILES string of the molecule is CCc1c[nH]c2cccc(O[C@@H]3O[C@H](CO)[C@@H](O)[C@H](O)[C@H]3O)c12. The summed E-state index contributed by atoms with van der Waals surface area (Å²) in [5.41, 5.74) is 1.95. The molecule has 5 atom stereocenters. The summed E-state index contributed by atoms with van der Waals surface area (Å²) in [4.78, 5) is 3.15. The maximum Gasteiger partial charge on any atom is 0.229 e. The molecule has 1 saturated heterocycles. The highest BCUT2D eigenvalue weighted by molar-refractivity contribution is 5.89. The normalized spacial score (nSPS) is 31.4. The van der Waals surface area contributed by atoms with Crippen LogP contribution in [0, 0.1) is 0 Å². The Bertz CT molecular complexity index is 670. The highest BCUT2D eigenvalue weighted by atomic mass is 16.7. The summed E-state index contributed by atoms with van der Waals surface area (Å²) >= 11 is 0. The molecule has 5 N–H and O–H groups in total. The van der Waals surface area contributed by atoms with E-state index in [1.807, 2.05) is 19.2 Å². The minimum Gasteiger partial charge on any atom is -0.461 e. The first-order chi connectivity index (χ1) is 11.1. The van der Waals surface area contributed by atoms with Crippen LogP contribution in [0.2, 0.25) is 0 Å². The molecule has 2 aromatic rings. The van der Waals surface area contributed by atoms with Gasteiger partial charge in [-0.05, 0) is 24.1 Å². The molecule has 0 bridgehead atoms. The molecule has 2 heterocycles. The molecule has 0 unspecified atom stereocenters. The molecule has 0 aliphatic carbocycles. The molecule has 1 aliphatic heterocycles. The molecule has 1 aromatic carbocycles. The van der Waals surface area contributed by atoms with E-state index in [1.165, 1.54) is 0 Å². The molecule has 7 nitrogen and oxygen atoms in total. The quantitative estimate of drug-likeness (QED) is 0.537. The van der Waals surface area contributed by atoms with Gasteiger partial charge in [0.1, 0.15) is 30.2 Å². The fourth-order valence-corrected chi connectivity index (χ4v) is 2.89. The van der Waals surface area contributed by atoms with E-state index in [0.717, 1.165) is 22.9 Å². The Labute approximate surface area is 133 Å². The van der Waals surface area contributed by atoms with Gasteiger partial charge in [-0.2, -0.15) is 0 Å². The van der Waals surface area contributed by atoms with Gasteiger partial charge < -0.3 is 34.9 Å². The summed E-state index contributed by atoms with van der Waals surface area (Å²) in [5, 5.41) is 39.8. The van der Waals surface area contributed by atoms with Crippen LogP contribution < -0.4 is 4.74 Å². The molecule has 1 fully saturated rings. The van der Waals surface area contributed by atoms with E-state index in [2.05, 4.69) is 4.98 Å². The number of hydrogen-bond acceptors (Lipinski definition) is 6. The first-order valence-corrected chi connectivity index (χ1v) is 7.63. The Hall–Kier alpha value is -1.64. The van der Waals surface area contributed by atoms with E-state index < -0.39 is 37.3 Å². The summed E-state index contributed by atoms with van der Waals surface area (Å²) < 4.78 is 11.1. The summed E-state index contributed by atoms with van der Waals surface area (Å²) in [6.07, 6.45) is -3.76. The standard InChI is InChI=1S/C16H21NO6/c1-2-8-6-17-9-4-3-5-10(12(8)9)22-16-15(21)14(20)13(19)11(7-18)23-16/h3-6,11,13-21H,2,7H2,1H3/t11-,13-,14+,15-,16-/m1/s1. The van der Waals surface area contributed by atoms with Crippen molar-refractivity contribution < 1.29 is 29.9 Å². The number of aliphatic hydroxyl groups excluding tert-OH is 4. The van der Waals surface area contributed by atoms with Crippen LogP contribution in [0.3, 0.4) is 0 Å². The van der Waals surface area contributed by atoms with Gasteiger partial charge in [0.2, 0.25) is 6.29 Å². The van der Waals surface area contributed by atoms with Crippen LogP contribution in [0.4, 0.5) is 0 Å². The summed E-state index contributed by atoms with van der Waals surface area (Å²) in [5.74, 6) is 0.505. The Morgan fingerprint density at radius 3 is 2.65 bits per heavy atom. The second-order valence-electron chi connectivity index (χ2n) is 5.66. The van der Waals surface area contributed by atoms with Gasteiger partial charge >= 0.3 is 0 Å². The van der Waals surface area contributed by atoms with Crippen molar-refractivity contribution in [2.75, 3.05) is 6.61 Å². The van der Waals surface area contributed by atoms with Crippen molar-refractivity contribution >= 4 is 10.9 Å². The number of aryl methyl sites for hydroxylation is 1. The average molecular weight is 323 g/mol. The van der Waals surface area contributed by atoms with E-state index in [9.17, 15) is 20.4 Å². The van der Waals surface area contributed by atoms with Gasteiger partial charge in [-0.3, -0.25) is 0 Å². The third-order valence-electron chi connectivity index (χ3n) is 4.22. The second-order valence-corrected chi connectivity index (χ2v) is 5.66. The number of fused-ring (bicyclic) bond motifs is 1. The lowest BCUT2D eigenvalue weighted by molar-refractivity contribution is -0.277. The minimum atomic E-state index is -1.46. The van der Waals surface area contributed by atoms with Crippen molar-refractivity contribution in [1.82, 2.24) is 4.98 Å². The maximum absolute atomic E-state index is 10.1. The minimum absolute atomic E-state index is 0.487. The molecule has 126 valence electrons. The summed E-state index contributed by atoms with van der Waals surface area (Å²) in [6, 6.07) is 5.46. The topological polar surface area (TPSA) is 115 Å². The Morgan fingerprint density at radius 2 is 1.96 bits per heavy atom. The third-order valence-corrected chi connectivity index (χ3v) is 4.22. The van der Waals surface area contributed by atoms with Gasteiger partial charge in [-0.25, -0.2) is 0 Å².